The quantitative estimate of drug-likeness (QED) is 0.131. The Labute approximate surface area is 215 Å². The van der Waals surface area contributed by atoms with Crippen LogP contribution in [0, 0.1) is 20.6 Å². The lowest BCUT2D eigenvalue weighted by Crippen LogP contribution is -2.17. The van der Waals surface area contributed by atoms with Crippen molar-refractivity contribution in [1.29, 1.82) is 0 Å². The zero-order chi connectivity index (χ0) is 24.9. The van der Waals surface area contributed by atoms with Crippen molar-refractivity contribution in [3.05, 3.63) is 109 Å². The maximum atomic E-state index is 12.6. The van der Waals surface area contributed by atoms with Crippen LogP contribution in [-0.2, 0) is 0 Å². The number of aromatic nitrogens is 1. The molecule has 0 atom stereocenters. The molecule has 0 aliphatic rings. The summed E-state index contributed by atoms with van der Waals surface area (Å²) in [5.74, 6) is -0.205. The predicted molar refractivity (Wildman–Crippen MR) is 143 cm³/mol. The molecule has 1 amide bonds. The smallest absolute Gasteiger partial charge is 0.312 e. The SMILES string of the molecule is COc1c(I)cc(/C=N/NC(=O)c2ccc(-n3c(C)ccc3-c3ccccc3)cc2)cc1[N+](=O)[O-]. The Kier molecular flexibility index (Phi) is 7.25. The van der Waals surface area contributed by atoms with E-state index in [1.54, 1.807) is 18.2 Å². The second kappa shape index (κ2) is 10.5. The number of amides is 1. The van der Waals surface area contributed by atoms with Gasteiger partial charge in [-0.15, -0.1) is 0 Å². The maximum Gasteiger partial charge on any atom is 0.312 e. The Bertz CT molecular complexity index is 1410. The average Bonchev–Trinajstić information content (AvgIpc) is 3.25. The van der Waals surface area contributed by atoms with Gasteiger partial charge in [0, 0.05) is 28.6 Å². The molecule has 35 heavy (non-hydrogen) atoms. The van der Waals surface area contributed by atoms with E-state index in [1.807, 2.05) is 59.8 Å². The molecule has 176 valence electrons. The number of nitro benzene ring substituents is 1. The molecule has 0 fully saturated rings. The van der Waals surface area contributed by atoms with Gasteiger partial charge in [0.05, 0.1) is 27.5 Å². The third-order valence-corrected chi connectivity index (χ3v) is 6.16. The van der Waals surface area contributed by atoms with Gasteiger partial charge in [-0.2, -0.15) is 5.10 Å². The minimum atomic E-state index is -0.520. The van der Waals surface area contributed by atoms with Gasteiger partial charge in [0.25, 0.3) is 5.91 Å². The zero-order valence-corrected chi connectivity index (χ0v) is 21.1. The molecule has 1 N–H and O–H groups in total. The number of rotatable bonds is 7. The standard InChI is InChI=1S/C26H21IN4O4/c1-17-8-13-23(19-6-4-3-5-7-19)30(17)21-11-9-20(10-12-21)26(32)29-28-16-18-14-22(27)25(35-2)24(15-18)31(33)34/h3-16H,1-2H3,(H,29,32)/b28-16+. The molecular formula is C26H21IN4O4. The molecule has 0 unspecified atom stereocenters. The van der Waals surface area contributed by atoms with Crippen molar-refractivity contribution < 1.29 is 14.5 Å². The molecular weight excluding hydrogens is 559 g/mol. The summed E-state index contributed by atoms with van der Waals surface area (Å²) in [4.78, 5) is 23.3. The largest absolute Gasteiger partial charge is 0.489 e. The second-order valence-corrected chi connectivity index (χ2v) is 8.78. The topological polar surface area (TPSA) is 98.8 Å². The summed E-state index contributed by atoms with van der Waals surface area (Å²) in [5.41, 5.74) is 7.38. The molecule has 4 rings (SSSR count). The first-order valence-electron chi connectivity index (χ1n) is 10.6. The number of nitrogens with zero attached hydrogens (tertiary/aromatic N) is 3. The van der Waals surface area contributed by atoms with Gasteiger partial charge in [0.2, 0.25) is 5.75 Å². The van der Waals surface area contributed by atoms with Gasteiger partial charge in [0.15, 0.2) is 0 Å². The molecule has 0 spiro atoms. The number of carbonyl (C=O) groups excluding carboxylic acids is 1. The van der Waals surface area contributed by atoms with Crippen molar-refractivity contribution in [2.24, 2.45) is 5.10 Å². The van der Waals surface area contributed by atoms with Crippen LogP contribution in [0.3, 0.4) is 0 Å². The van der Waals surface area contributed by atoms with E-state index in [2.05, 4.69) is 39.4 Å². The number of aryl methyl sites for hydroxylation is 1. The Morgan fingerprint density at radius 3 is 2.46 bits per heavy atom. The summed E-state index contributed by atoms with van der Waals surface area (Å²) < 4.78 is 7.80. The van der Waals surface area contributed by atoms with E-state index in [-0.39, 0.29) is 11.4 Å². The summed E-state index contributed by atoms with van der Waals surface area (Å²) >= 11 is 1.95. The van der Waals surface area contributed by atoms with Gasteiger partial charge < -0.3 is 9.30 Å². The number of hydrogen-bond acceptors (Lipinski definition) is 5. The normalized spacial score (nSPS) is 10.9. The van der Waals surface area contributed by atoms with Crippen LogP contribution in [0.2, 0.25) is 0 Å². The Morgan fingerprint density at radius 1 is 1.09 bits per heavy atom. The highest BCUT2D eigenvalue weighted by molar-refractivity contribution is 14.1. The van der Waals surface area contributed by atoms with E-state index < -0.39 is 10.8 Å². The highest BCUT2D eigenvalue weighted by Crippen LogP contribution is 2.33. The van der Waals surface area contributed by atoms with Crippen LogP contribution in [-0.4, -0.2) is 28.7 Å². The van der Waals surface area contributed by atoms with E-state index in [4.69, 9.17) is 4.74 Å². The maximum absolute atomic E-state index is 12.6. The molecule has 0 bridgehead atoms. The van der Waals surface area contributed by atoms with Gasteiger partial charge in [-0.25, -0.2) is 5.43 Å². The van der Waals surface area contributed by atoms with E-state index in [0.29, 0.717) is 14.7 Å². The molecule has 3 aromatic carbocycles. The van der Waals surface area contributed by atoms with Gasteiger partial charge in [-0.3, -0.25) is 14.9 Å². The van der Waals surface area contributed by atoms with Gasteiger partial charge in [0.1, 0.15) is 0 Å². The van der Waals surface area contributed by atoms with E-state index in [1.165, 1.54) is 19.4 Å². The Hall–Kier alpha value is -3.99. The molecule has 0 saturated heterocycles. The number of hydrogen-bond donors (Lipinski definition) is 1. The molecule has 0 aliphatic heterocycles. The zero-order valence-electron chi connectivity index (χ0n) is 18.9. The van der Waals surface area contributed by atoms with E-state index >= 15 is 0 Å². The van der Waals surface area contributed by atoms with Crippen LogP contribution in [0.15, 0.2) is 84.0 Å². The number of hydrazone groups is 1. The van der Waals surface area contributed by atoms with E-state index in [0.717, 1.165) is 22.6 Å². The summed E-state index contributed by atoms with van der Waals surface area (Å²) in [6.07, 6.45) is 1.36. The first-order valence-corrected chi connectivity index (χ1v) is 11.7. The monoisotopic (exact) mass is 580 g/mol. The molecule has 4 aromatic rings. The molecule has 9 heteroatoms. The number of carbonyl (C=O) groups is 1. The fourth-order valence-electron chi connectivity index (χ4n) is 3.72. The van der Waals surface area contributed by atoms with E-state index in [9.17, 15) is 14.9 Å². The van der Waals surface area contributed by atoms with Crippen LogP contribution in [0.1, 0.15) is 21.6 Å². The first-order chi connectivity index (χ1) is 16.9. The predicted octanol–water partition coefficient (Wildman–Crippen LogP) is 5.74. The number of nitrogens with one attached hydrogen (secondary N) is 1. The van der Waals surface area contributed by atoms with Crippen LogP contribution in [0.5, 0.6) is 5.75 Å². The molecule has 0 aliphatic carbocycles. The second-order valence-electron chi connectivity index (χ2n) is 7.62. The summed E-state index contributed by atoms with van der Waals surface area (Å²) in [6, 6.07) is 24.5. The molecule has 8 nitrogen and oxygen atoms in total. The van der Waals surface area contributed by atoms with Gasteiger partial charge >= 0.3 is 5.69 Å². The highest BCUT2D eigenvalue weighted by Gasteiger charge is 2.19. The number of methoxy groups -OCH3 is 1. The van der Waals surface area contributed by atoms with Crippen molar-refractivity contribution in [3.8, 4) is 22.7 Å². The number of nitro groups is 1. The van der Waals surface area contributed by atoms with Crippen LogP contribution >= 0.6 is 22.6 Å². The fourth-order valence-corrected chi connectivity index (χ4v) is 4.58. The van der Waals surface area contributed by atoms with Crippen molar-refractivity contribution in [3.63, 3.8) is 0 Å². The number of benzene rings is 3. The number of ether oxygens (including phenoxy) is 1. The lowest BCUT2D eigenvalue weighted by Gasteiger charge is -2.12. The third-order valence-electron chi connectivity index (χ3n) is 5.36. The Morgan fingerprint density at radius 2 is 1.80 bits per heavy atom. The van der Waals surface area contributed by atoms with Gasteiger partial charge in [-0.1, -0.05) is 30.3 Å². The van der Waals surface area contributed by atoms with Crippen LogP contribution in [0.4, 0.5) is 5.69 Å². The number of halogens is 1. The minimum absolute atomic E-state index is 0.169. The Balaban J connectivity index is 1.50. The first kappa shape index (κ1) is 24.1. The fraction of sp³-hybridized carbons (Fsp3) is 0.0769. The average molecular weight is 580 g/mol. The summed E-state index contributed by atoms with van der Waals surface area (Å²) in [7, 11) is 1.38. The van der Waals surface area contributed by atoms with Crippen molar-refractivity contribution >= 4 is 40.4 Å². The van der Waals surface area contributed by atoms with Crippen LogP contribution < -0.4 is 10.2 Å². The lowest BCUT2D eigenvalue weighted by atomic mass is 10.1. The molecule has 1 heterocycles. The molecule has 0 saturated carbocycles. The lowest BCUT2D eigenvalue weighted by molar-refractivity contribution is -0.385. The third kappa shape index (κ3) is 5.24. The summed E-state index contributed by atoms with van der Waals surface area (Å²) in [6.45, 7) is 2.03. The van der Waals surface area contributed by atoms with Crippen molar-refractivity contribution in [2.75, 3.05) is 7.11 Å². The van der Waals surface area contributed by atoms with Crippen molar-refractivity contribution in [2.45, 2.75) is 6.92 Å². The minimum Gasteiger partial charge on any atom is -0.489 e. The van der Waals surface area contributed by atoms with Gasteiger partial charge in [-0.05, 0) is 77.5 Å². The molecule has 0 radical (unpaired) electrons. The highest BCUT2D eigenvalue weighted by atomic mass is 127. The molecule has 1 aromatic heterocycles. The van der Waals surface area contributed by atoms with Crippen LogP contribution in [0.25, 0.3) is 16.9 Å². The van der Waals surface area contributed by atoms with Crippen molar-refractivity contribution in [1.82, 2.24) is 9.99 Å². The summed E-state index contributed by atoms with van der Waals surface area (Å²) in [5, 5.41) is 15.3.